The third kappa shape index (κ3) is 1.80. The molecule has 0 radical (unpaired) electrons. The topological polar surface area (TPSA) is 55.8 Å². The molecule has 0 aliphatic heterocycles. The molecular weight excluding hydrogens is 247 g/mol. The minimum Gasteiger partial charge on any atom is -0.495 e. The molecule has 90 valence electrons. The standard InChI is InChI=1S/C11H9FO4S/c1-15-6-4-7(16-2)10-5(9(6)12)3-8(17-10)11(13)14/h3-4H,1-2H3,(H,13,14). The van der Waals surface area contributed by atoms with Gasteiger partial charge in [-0.15, -0.1) is 11.3 Å². The van der Waals surface area contributed by atoms with Crippen LogP contribution in [0.5, 0.6) is 11.5 Å². The summed E-state index contributed by atoms with van der Waals surface area (Å²) in [5.41, 5.74) is 0. The molecule has 4 nitrogen and oxygen atoms in total. The average molecular weight is 256 g/mol. The van der Waals surface area contributed by atoms with Gasteiger partial charge in [0.1, 0.15) is 10.6 Å². The Balaban J connectivity index is 2.80. The molecule has 0 saturated heterocycles. The maximum atomic E-state index is 13.9. The first kappa shape index (κ1) is 11.7. The molecule has 0 fully saturated rings. The quantitative estimate of drug-likeness (QED) is 0.917. The molecule has 0 aliphatic carbocycles. The molecule has 1 heterocycles. The fraction of sp³-hybridized carbons (Fsp3) is 0.182. The zero-order valence-corrected chi connectivity index (χ0v) is 9.93. The second-order valence-corrected chi connectivity index (χ2v) is 4.31. The van der Waals surface area contributed by atoms with Gasteiger partial charge >= 0.3 is 5.97 Å². The number of thiophene rings is 1. The minimum absolute atomic E-state index is 0.0316. The minimum atomic E-state index is -1.09. The number of aromatic carboxylic acids is 1. The van der Waals surface area contributed by atoms with E-state index >= 15 is 0 Å². The third-order valence-electron chi connectivity index (χ3n) is 2.32. The van der Waals surface area contributed by atoms with Crippen LogP contribution in [-0.2, 0) is 0 Å². The Morgan fingerprint density at radius 2 is 1.94 bits per heavy atom. The Labute approximate surface area is 100 Å². The summed E-state index contributed by atoms with van der Waals surface area (Å²) in [5.74, 6) is -1.24. The van der Waals surface area contributed by atoms with Crippen molar-refractivity contribution in [3.8, 4) is 11.5 Å². The van der Waals surface area contributed by atoms with Crippen LogP contribution in [-0.4, -0.2) is 25.3 Å². The number of hydrogen-bond donors (Lipinski definition) is 1. The van der Waals surface area contributed by atoms with Crippen LogP contribution in [0.15, 0.2) is 12.1 Å². The lowest BCUT2D eigenvalue weighted by Crippen LogP contribution is -1.91. The van der Waals surface area contributed by atoms with Crippen molar-refractivity contribution in [3.63, 3.8) is 0 Å². The average Bonchev–Trinajstić information content (AvgIpc) is 2.75. The van der Waals surface area contributed by atoms with Gasteiger partial charge in [0.15, 0.2) is 11.6 Å². The number of halogens is 1. The van der Waals surface area contributed by atoms with Crippen LogP contribution in [0.25, 0.3) is 10.1 Å². The molecule has 1 N–H and O–H groups in total. The van der Waals surface area contributed by atoms with E-state index in [-0.39, 0.29) is 16.0 Å². The van der Waals surface area contributed by atoms with E-state index < -0.39 is 11.8 Å². The summed E-state index contributed by atoms with van der Waals surface area (Å²) < 4.78 is 24.3. The molecule has 2 rings (SSSR count). The zero-order valence-electron chi connectivity index (χ0n) is 9.11. The van der Waals surface area contributed by atoms with Crippen molar-refractivity contribution >= 4 is 27.4 Å². The summed E-state index contributed by atoms with van der Waals surface area (Å²) in [6, 6.07) is 2.68. The smallest absolute Gasteiger partial charge is 0.345 e. The van der Waals surface area contributed by atoms with Crippen LogP contribution >= 0.6 is 11.3 Å². The molecule has 0 saturated carbocycles. The number of rotatable bonds is 3. The molecule has 0 bridgehead atoms. The van der Waals surface area contributed by atoms with Crippen LogP contribution in [0.2, 0.25) is 0 Å². The van der Waals surface area contributed by atoms with Gasteiger partial charge in [-0.25, -0.2) is 9.18 Å². The SMILES string of the molecule is COc1cc(OC)c2sc(C(=O)O)cc2c1F. The highest BCUT2D eigenvalue weighted by Gasteiger charge is 2.18. The number of carbonyl (C=O) groups is 1. The molecule has 0 amide bonds. The van der Waals surface area contributed by atoms with Crippen LogP contribution in [0.3, 0.4) is 0 Å². The van der Waals surface area contributed by atoms with E-state index in [4.69, 9.17) is 14.6 Å². The van der Waals surface area contributed by atoms with E-state index in [1.54, 1.807) is 0 Å². The summed E-state index contributed by atoms with van der Waals surface area (Å²) in [7, 11) is 2.78. The summed E-state index contributed by atoms with van der Waals surface area (Å²) >= 11 is 0.970. The number of hydrogen-bond acceptors (Lipinski definition) is 4. The molecular formula is C11H9FO4S. The Morgan fingerprint density at radius 3 is 2.47 bits per heavy atom. The number of methoxy groups -OCH3 is 2. The van der Waals surface area contributed by atoms with E-state index in [2.05, 4.69) is 0 Å². The lowest BCUT2D eigenvalue weighted by Gasteiger charge is -2.06. The van der Waals surface area contributed by atoms with E-state index in [0.717, 1.165) is 11.3 Å². The predicted octanol–water partition coefficient (Wildman–Crippen LogP) is 2.76. The van der Waals surface area contributed by atoms with Crippen molar-refractivity contribution < 1.29 is 23.8 Å². The van der Waals surface area contributed by atoms with Crippen molar-refractivity contribution in [3.05, 3.63) is 22.8 Å². The van der Waals surface area contributed by atoms with Gasteiger partial charge < -0.3 is 14.6 Å². The summed E-state index contributed by atoms with van der Waals surface area (Å²) in [5, 5.41) is 9.08. The van der Waals surface area contributed by atoms with Gasteiger partial charge in [0.2, 0.25) is 0 Å². The molecule has 1 aromatic carbocycles. The third-order valence-corrected chi connectivity index (χ3v) is 3.46. The highest BCUT2D eigenvalue weighted by Crippen LogP contribution is 2.39. The molecule has 1 aromatic heterocycles. The van der Waals surface area contributed by atoms with Crippen molar-refractivity contribution in [1.82, 2.24) is 0 Å². The number of fused-ring (bicyclic) bond motifs is 1. The van der Waals surface area contributed by atoms with Gasteiger partial charge in [-0.3, -0.25) is 0 Å². The summed E-state index contributed by atoms with van der Waals surface area (Å²) in [6.07, 6.45) is 0. The zero-order chi connectivity index (χ0) is 12.6. The van der Waals surface area contributed by atoms with Crippen LogP contribution < -0.4 is 9.47 Å². The van der Waals surface area contributed by atoms with Gasteiger partial charge in [-0.05, 0) is 6.07 Å². The molecule has 0 atom stereocenters. The Morgan fingerprint density at radius 1 is 1.29 bits per heavy atom. The van der Waals surface area contributed by atoms with Crippen LogP contribution in [0.1, 0.15) is 9.67 Å². The highest BCUT2D eigenvalue weighted by atomic mass is 32.1. The molecule has 0 unspecified atom stereocenters. The van der Waals surface area contributed by atoms with E-state index in [9.17, 15) is 9.18 Å². The van der Waals surface area contributed by atoms with Crippen molar-refractivity contribution in [2.45, 2.75) is 0 Å². The molecule has 17 heavy (non-hydrogen) atoms. The van der Waals surface area contributed by atoms with Crippen LogP contribution in [0.4, 0.5) is 4.39 Å². The Kier molecular flexibility index (Phi) is 2.89. The number of benzene rings is 1. The largest absolute Gasteiger partial charge is 0.495 e. The maximum absolute atomic E-state index is 13.9. The second-order valence-electron chi connectivity index (χ2n) is 3.25. The molecule has 6 heteroatoms. The fourth-order valence-electron chi connectivity index (χ4n) is 1.52. The Bertz CT molecular complexity index is 591. The van der Waals surface area contributed by atoms with E-state index in [1.807, 2.05) is 0 Å². The van der Waals surface area contributed by atoms with Gasteiger partial charge in [0.25, 0.3) is 0 Å². The van der Waals surface area contributed by atoms with Crippen LogP contribution in [0, 0.1) is 5.82 Å². The van der Waals surface area contributed by atoms with Gasteiger partial charge in [0, 0.05) is 11.5 Å². The summed E-state index contributed by atoms with van der Waals surface area (Å²) in [4.78, 5) is 10.9. The highest BCUT2D eigenvalue weighted by molar-refractivity contribution is 7.21. The Hall–Kier alpha value is -1.82. The predicted molar refractivity (Wildman–Crippen MR) is 61.8 cm³/mol. The first-order valence-electron chi connectivity index (χ1n) is 4.65. The van der Waals surface area contributed by atoms with Crippen molar-refractivity contribution in [2.75, 3.05) is 14.2 Å². The van der Waals surface area contributed by atoms with Gasteiger partial charge in [-0.1, -0.05) is 0 Å². The van der Waals surface area contributed by atoms with Gasteiger partial charge in [0.05, 0.1) is 18.9 Å². The van der Waals surface area contributed by atoms with Gasteiger partial charge in [-0.2, -0.15) is 0 Å². The molecule has 0 aliphatic rings. The molecule has 0 spiro atoms. The first-order chi connectivity index (χ1) is 8.08. The fourth-order valence-corrected chi connectivity index (χ4v) is 2.51. The lowest BCUT2D eigenvalue weighted by atomic mass is 10.2. The van der Waals surface area contributed by atoms with E-state index in [1.165, 1.54) is 26.4 Å². The monoisotopic (exact) mass is 256 g/mol. The van der Waals surface area contributed by atoms with Crippen molar-refractivity contribution in [1.29, 1.82) is 0 Å². The maximum Gasteiger partial charge on any atom is 0.345 e. The molecule has 2 aromatic rings. The number of ether oxygens (including phenoxy) is 2. The van der Waals surface area contributed by atoms with E-state index in [0.29, 0.717) is 10.4 Å². The number of carboxylic acids is 1. The number of carboxylic acid groups (broad SMARTS) is 1. The first-order valence-corrected chi connectivity index (χ1v) is 5.47. The lowest BCUT2D eigenvalue weighted by molar-refractivity contribution is 0.0702. The normalized spacial score (nSPS) is 10.5. The second kappa shape index (κ2) is 4.21. The van der Waals surface area contributed by atoms with Crippen molar-refractivity contribution in [2.24, 2.45) is 0 Å². The summed E-state index contributed by atoms with van der Waals surface area (Å²) in [6.45, 7) is 0.